The van der Waals surface area contributed by atoms with Crippen LogP contribution in [0.25, 0.3) is 11.1 Å². The van der Waals surface area contributed by atoms with Crippen LogP contribution in [0.5, 0.6) is 11.5 Å². The largest absolute Gasteiger partial charge is 0.454 e. The Morgan fingerprint density at radius 3 is 2.59 bits per heavy atom. The summed E-state index contributed by atoms with van der Waals surface area (Å²) in [4.78, 5) is 38.5. The van der Waals surface area contributed by atoms with E-state index >= 15 is 0 Å². The molecule has 2 atom stereocenters. The van der Waals surface area contributed by atoms with E-state index in [1.165, 1.54) is 0 Å². The molecule has 0 radical (unpaired) electrons. The smallest absolute Gasteiger partial charge is 0.251 e. The summed E-state index contributed by atoms with van der Waals surface area (Å²) in [5.74, 6) is 0.111. The number of fused-ring (bicyclic) bond motifs is 4. The van der Waals surface area contributed by atoms with E-state index in [1.807, 2.05) is 48.5 Å². The molecule has 3 N–H and O–H groups in total. The number of hydrogen-bond acceptors (Lipinski definition) is 5. The number of carbonyl (C=O) groups is 3. The van der Waals surface area contributed by atoms with Gasteiger partial charge in [-0.15, -0.1) is 0 Å². The third-order valence-electron chi connectivity index (χ3n) is 5.87. The molecule has 1 unspecified atom stereocenters. The van der Waals surface area contributed by atoms with Crippen molar-refractivity contribution in [3.05, 3.63) is 77.9 Å². The summed E-state index contributed by atoms with van der Waals surface area (Å²) in [6.45, 7) is 1.74. The van der Waals surface area contributed by atoms with Crippen LogP contribution in [-0.2, 0) is 20.8 Å². The summed E-state index contributed by atoms with van der Waals surface area (Å²) in [6, 6.07) is 18.5. The second-order valence-corrected chi connectivity index (χ2v) is 8.22. The lowest BCUT2D eigenvalue weighted by Gasteiger charge is -2.21. The number of hydrogen-bond donors (Lipinski definition) is 3. The molecule has 0 spiro atoms. The predicted molar refractivity (Wildman–Crippen MR) is 125 cm³/mol. The standard InChI is InChI=1S/C26H23N3O5/c1-15(27-23(30)13-16-10-11-21-22(12-16)34-14-33-21)25(31)29-24-19-8-3-2-6-17(19)18-7-4-5-9-20(18)28-26(24)32/h2-12,15,24H,13-14H2,1H3,(H,27,30)(H,28,32)(H,29,31)/t15-,24?/m0/s1. The maximum absolute atomic E-state index is 13.0. The quantitative estimate of drug-likeness (QED) is 0.546. The van der Waals surface area contributed by atoms with E-state index in [0.29, 0.717) is 22.7 Å². The first-order valence-electron chi connectivity index (χ1n) is 11.0. The zero-order valence-corrected chi connectivity index (χ0v) is 18.5. The number of amides is 3. The second-order valence-electron chi connectivity index (χ2n) is 8.22. The maximum atomic E-state index is 13.0. The van der Waals surface area contributed by atoms with E-state index < -0.39 is 18.0 Å². The molecule has 3 aromatic carbocycles. The highest BCUT2D eigenvalue weighted by Gasteiger charge is 2.31. The van der Waals surface area contributed by atoms with Crippen LogP contribution in [0.15, 0.2) is 66.7 Å². The topological polar surface area (TPSA) is 106 Å². The molecule has 0 fully saturated rings. The molecular formula is C26H23N3O5. The Kier molecular flexibility index (Phi) is 5.63. The van der Waals surface area contributed by atoms with Crippen LogP contribution < -0.4 is 25.4 Å². The minimum Gasteiger partial charge on any atom is -0.454 e. The third kappa shape index (κ3) is 4.17. The lowest BCUT2D eigenvalue weighted by atomic mass is 9.95. The van der Waals surface area contributed by atoms with Crippen molar-refractivity contribution >= 4 is 23.4 Å². The minimum absolute atomic E-state index is 0.0797. The van der Waals surface area contributed by atoms with E-state index in [2.05, 4.69) is 16.0 Å². The lowest BCUT2D eigenvalue weighted by Crippen LogP contribution is -2.48. The number of nitrogens with one attached hydrogen (secondary N) is 3. The molecule has 8 nitrogen and oxygen atoms in total. The van der Waals surface area contributed by atoms with Gasteiger partial charge in [-0.3, -0.25) is 14.4 Å². The van der Waals surface area contributed by atoms with E-state index in [-0.39, 0.29) is 25.0 Å². The summed E-state index contributed by atoms with van der Waals surface area (Å²) in [6.07, 6.45) is 0.0797. The molecule has 34 heavy (non-hydrogen) atoms. The number of carbonyl (C=O) groups excluding carboxylic acids is 3. The Morgan fingerprint density at radius 2 is 1.74 bits per heavy atom. The Labute approximate surface area is 196 Å². The number of anilines is 1. The predicted octanol–water partition coefficient (Wildman–Crippen LogP) is 2.94. The fourth-order valence-corrected chi connectivity index (χ4v) is 4.17. The van der Waals surface area contributed by atoms with Crippen LogP contribution in [-0.4, -0.2) is 30.6 Å². The summed E-state index contributed by atoms with van der Waals surface area (Å²) in [5, 5.41) is 8.40. The number of ether oxygens (including phenoxy) is 2. The van der Waals surface area contributed by atoms with E-state index in [4.69, 9.17) is 9.47 Å². The zero-order chi connectivity index (χ0) is 23.7. The van der Waals surface area contributed by atoms with Gasteiger partial charge in [0.1, 0.15) is 12.1 Å². The Bertz CT molecular complexity index is 1290. The normalized spacial score (nSPS) is 16.4. The highest BCUT2D eigenvalue weighted by Crippen LogP contribution is 2.37. The average molecular weight is 457 g/mol. The summed E-state index contributed by atoms with van der Waals surface area (Å²) < 4.78 is 10.6. The fourth-order valence-electron chi connectivity index (χ4n) is 4.17. The highest BCUT2D eigenvalue weighted by molar-refractivity contribution is 6.05. The van der Waals surface area contributed by atoms with Gasteiger partial charge in [-0.1, -0.05) is 48.5 Å². The van der Waals surface area contributed by atoms with E-state index in [9.17, 15) is 14.4 Å². The first-order valence-corrected chi connectivity index (χ1v) is 11.0. The second kappa shape index (κ2) is 8.90. The van der Waals surface area contributed by atoms with Gasteiger partial charge < -0.3 is 25.4 Å². The first-order chi connectivity index (χ1) is 16.5. The zero-order valence-electron chi connectivity index (χ0n) is 18.5. The van der Waals surface area contributed by atoms with Gasteiger partial charge in [-0.05, 0) is 41.8 Å². The minimum atomic E-state index is -0.899. The van der Waals surface area contributed by atoms with Gasteiger partial charge >= 0.3 is 0 Å². The van der Waals surface area contributed by atoms with Crippen molar-refractivity contribution in [1.29, 1.82) is 0 Å². The molecule has 0 aromatic heterocycles. The molecule has 3 aromatic rings. The van der Waals surface area contributed by atoms with Gasteiger partial charge in [-0.2, -0.15) is 0 Å². The Balaban J connectivity index is 1.28. The van der Waals surface area contributed by atoms with Gasteiger partial charge in [-0.25, -0.2) is 0 Å². The molecule has 0 aliphatic carbocycles. The number of para-hydroxylation sites is 1. The molecule has 172 valence electrons. The van der Waals surface area contributed by atoms with Crippen molar-refractivity contribution in [2.75, 3.05) is 12.1 Å². The van der Waals surface area contributed by atoms with Crippen LogP contribution in [0.1, 0.15) is 24.1 Å². The monoisotopic (exact) mass is 457 g/mol. The van der Waals surface area contributed by atoms with Crippen molar-refractivity contribution in [3.63, 3.8) is 0 Å². The number of rotatable bonds is 5. The van der Waals surface area contributed by atoms with Crippen LogP contribution in [0.4, 0.5) is 5.69 Å². The third-order valence-corrected chi connectivity index (χ3v) is 5.87. The van der Waals surface area contributed by atoms with Crippen molar-refractivity contribution in [2.24, 2.45) is 0 Å². The van der Waals surface area contributed by atoms with Gasteiger partial charge in [0.25, 0.3) is 5.91 Å². The molecule has 0 bridgehead atoms. The van der Waals surface area contributed by atoms with Gasteiger partial charge in [0.15, 0.2) is 11.5 Å². The van der Waals surface area contributed by atoms with E-state index in [1.54, 1.807) is 25.1 Å². The molecule has 2 aliphatic heterocycles. The molecule has 2 heterocycles. The van der Waals surface area contributed by atoms with Crippen molar-refractivity contribution in [2.45, 2.75) is 25.4 Å². The summed E-state index contributed by atoms with van der Waals surface area (Å²) >= 11 is 0. The number of benzene rings is 3. The molecule has 0 saturated heterocycles. The van der Waals surface area contributed by atoms with Crippen LogP contribution in [0.2, 0.25) is 0 Å². The van der Waals surface area contributed by atoms with Gasteiger partial charge in [0.2, 0.25) is 18.6 Å². The fraction of sp³-hybridized carbons (Fsp3) is 0.192. The van der Waals surface area contributed by atoms with Crippen LogP contribution in [0.3, 0.4) is 0 Å². The van der Waals surface area contributed by atoms with Gasteiger partial charge in [0.05, 0.1) is 6.42 Å². The summed E-state index contributed by atoms with van der Waals surface area (Å²) in [7, 11) is 0. The molecule has 8 heteroatoms. The molecule has 5 rings (SSSR count). The molecule has 2 aliphatic rings. The van der Waals surface area contributed by atoms with Gasteiger partial charge in [0, 0.05) is 11.3 Å². The highest BCUT2D eigenvalue weighted by atomic mass is 16.7. The summed E-state index contributed by atoms with van der Waals surface area (Å²) in [5.41, 5.74) is 3.86. The molecule has 3 amide bonds. The SMILES string of the molecule is C[C@H](NC(=O)Cc1ccc2c(c1)OCO2)C(=O)NC1C(=O)Nc2ccccc2-c2ccccc21. The van der Waals surface area contributed by atoms with Crippen molar-refractivity contribution in [3.8, 4) is 22.6 Å². The maximum Gasteiger partial charge on any atom is 0.251 e. The van der Waals surface area contributed by atoms with Crippen molar-refractivity contribution in [1.82, 2.24) is 10.6 Å². The Hall–Kier alpha value is -4.33. The van der Waals surface area contributed by atoms with Crippen LogP contribution >= 0.6 is 0 Å². The molecular weight excluding hydrogens is 434 g/mol. The lowest BCUT2D eigenvalue weighted by molar-refractivity contribution is -0.130. The van der Waals surface area contributed by atoms with Crippen LogP contribution in [0, 0.1) is 0 Å². The van der Waals surface area contributed by atoms with E-state index in [0.717, 1.165) is 16.7 Å². The average Bonchev–Trinajstić information content (AvgIpc) is 3.26. The first kappa shape index (κ1) is 21.5. The Morgan fingerprint density at radius 1 is 1.00 bits per heavy atom. The van der Waals surface area contributed by atoms with Crippen molar-refractivity contribution < 1.29 is 23.9 Å². The molecule has 0 saturated carbocycles.